The third kappa shape index (κ3) is 5.16. The van der Waals surface area contributed by atoms with Gasteiger partial charge in [0.25, 0.3) is 0 Å². The van der Waals surface area contributed by atoms with Crippen LogP contribution in [0.4, 0.5) is 0 Å². The maximum atomic E-state index is 12.1. The smallest absolute Gasteiger partial charge is 0.338 e. The number of hydrogen-bond donors (Lipinski definition) is 1. The van der Waals surface area contributed by atoms with E-state index >= 15 is 0 Å². The Bertz CT molecular complexity index is 425. The van der Waals surface area contributed by atoms with E-state index in [-0.39, 0.29) is 18.0 Å². The van der Waals surface area contributed by atoms with E-state index in [1.54, 1.807) is 12.1 Å². The van der Waals surface area contributed by atoms with Gasteiger partial charge in [-0.05, 0) is 45.2 Å². The standard InChI is InChI=1S/C16H22O3.C2H6/c1-16(2,13-9-6-10-14(17)11-13)19-15(18)12-7-4-3-5-8-12;1-2/h3-5,7-8,13-14,17H,6,9-11H2,1-2H3;1-2H3. The maximum Gasteiger partial charge on any atom is 0.338 e. The lowest BCUT2D eigenvalue weighted by Crippen LogP contribution is -2.40. The highest BCUT2D eigenvalue weighted by atomic mass is 16.6. The summed E-state index contributed by atoms with van der Waals surface area (Å²) < 4.78 is 5.66. The van der Waals surface area contributed by atoms with Crippen LogP contribution in [0, 0.1) is 5.92 Å². The third-order valence-corrected chi connectivity index (χ3v) is 3.99. The molecular weight excluding hydrogens is 264 g/mol. The predicted molar refractivity (Wildman–Crippen MR) is 85.2 cm³/mol. The van der Waals surface area contributed by atoms with Crippen molar-refractivity contribution in [1.82, 2.24) is 0 Å². The van der Waals surface area contributed by atoms with Gasteiger partial charge in [-0.3, -0.25) is 0 Å². The van der Waals surface area contributed by atoms with Crippen LogP contribution in [-0.4, -0.2) is 22.8 Å². The fourth-order valence-electron chi connectivity index (χ4n) is 2.75. The zero-order valence-corrected chi connectivity index (χ0v) is 13.6. The highest BCUT2D eigenvalue weighted by Gasteiger charge is 2.36. The van der Waals surface area contributed by atoms with Gasteiger partial charge in [0, 0.05) is 5.92 Å². The Labute approximate surface area is 128 Å². The van der Waals surface area contributed by atoms with Crippen LogP contribution in [0.25, 0.3) is 0 Å². The van der Waals surface area contributed by atoms with Crippen molar-refractivity contribution >= 4 is 5.97 Å². The Hall–Kier alpha value is -1.35. The first-order valence-electron chi connectivity index (χ1n) is 7.95. The van der Waals surface area contributed by atoms with Crippen LogP contribution in [0.1, 0.15) is 63.7 Å². The Morgan fingerprint density at radius 3 is 2.38 bits per heavy atom. The Morgan fingerprint density at radius 2 is 1.81 bits per heavy atom. The Kier molecular flexibility index (Phi) is 6.90. The number of hydrogen-bond acceptors (Lipinski definition) is 3. The molecule has 3 heteroatoms. The lowest BCUT2D eigenvalue weighted by molar-refractivity contribution is -0.0537. The van der Waals surface area contributed by atoms with Crippen LogP contribution in [0.5, 0.6) is 0 Å². The minimum absolute atomic E-state index is 0.226. The molecule has 1 N–H and O–H groups in total. The summed E-state index contributed by atoms with van der Waals surface area (Å²) >= 11 is 0. The summed E-state index contributed by atoms with van der Waals surface area (Å²) in [4.78, 5) is 12.1. The molecule has 1 aliphatic carbocycles. The number of benzene rings is 1. The number of carbonyl (C=O) groups excluding carboxylic acids is 1. The molecular formula is C18H28O3. The zero-order valence-electron chi connectivity index (χ0n) is 13.6. The largest absolute Gasteiger partial charge is 0.456 e. The minimum Gasteiger partial charge on any atom is -0.456 e. The molecule has 0 aromatic heterocycles. The van der Waals surface area contributed by atoms with Gasteiger partial charge in [0.15, 0.2) is 0 Å². The molecule has 3 nitrogen and oxygen atoms in total. The number of ether oxygens (including phenoxy) is 1. The summed E-state index contributed by atoms with van der Waals surface area (Å²) in [5, 5.41) is 9.75. The predicted octanol–water partition coefficient (Wildman–Crippen LogP) is 4.20. The fraction of sp³-hybridized carbons (Fsp3) is 0.611. The Morgan fingerprint density at radius 1 is 1.19 bits per heavy atom. The topological polar surface area (TPSA) is 46.5 Å². The average molecular weight is 292 g/mol. The molecule has 1 aliphatic rings. The van der Waals surface area contributed by atoms with Crippen molar-refractivity contribution in [2.45, 2.75) is 65.1 Å². The van der Waals surface area contributed by atoms with E-state index in [1.165, 1.54) is 0 Å². The van der Waals surface area contributed by atoms with Gasteiger partial charge in [-0.1, -0.05) is 38.5 Å². The van der Waals surface area contributed by atoms with Crippen LogP contribution in [-0.2, 0) is 4.74 Å². The van der Waals surface area contributed by atoms with Crippen LogP contribution in [0.15, 0.2) is 30.3 Å². The van der Waals surface area contributed by atoms with Crippen molar-refractivity contribution in [2.24, 2.45) is 5.92 Å². The molecule has 0 aliphatic heterocycles. The van der Waals surface area contributed by atoms with Crippen molar-refractivity contribution in [2.75, 3.05) is 0 Å². The normalized spacial score (nSPS) is 22.0. The van der Waals surface area contributed by atoms with E-state index in [1.807, 2.05) is 45.9 Å². The molecule has 21 heavy (non-hydrogen) atoms. The maximum absolute atomic E-state index is 12.1. The summed E-state index contributed by atoms with van der Waals surface area (Å²) in [5.74, 6) is -0.0606. The fourth-order valence-corrected chi connectivity index (χ4v) is 2.75. The van der Waals surface area contributed by atoms with Crippen LogP contribution >= 0.6 is 0 Å². The van der Waals surface area contributed by atoms with Gasteiger partial charge in [0.1, 0.15) is 5.60 Å². The van der Waals surface area contributed by atoms with Crippen molar-refractivity contribution < 1.29 is 14.6 Å². The second-order valence-electron chi connectivity index (χ2n) is 5.88. The minimum atomic E-state index is -0.533. The monoisotopic (exact) mass is 292 g/mol. The first-order chi connectivity index (χ1) is 9.99. The van der Waals surface area contributed by atoms with Crippen molar-refractivity contribution in [1.29, 1.82) is 0 Å². The molecule has 2 unspecified atom stereocenters. The van der Waals surface area contributed by atoms with Crippen molar-refractivity contribution in [3.63, 3.8) is 0 Å². The molecule has 1 fully saturated rings. The number of aliphatic hydroxyl groups is 1. The van der Waals surface area contributed by atoms with Crippen molar-refractivity contribution in [3.8, 4) is 0 Å². The second kappa shape index (κ2) is 8.18. The number of aliphatic hydroxyl groups excluding tert-OH is 1. The SMILES string of the molecule is CC.CC(C)(OC(=O)c1ccccc1)C1CCCC(O)C1. The van der Waals surface area contributed by atoms with Gasteiger partial charge in [-0.15, -0.1) is 0 Å². The van der Waals surface area contributed by atoms with Crippen LogP contribution in [0.2, 0.25) is 0 Å². The van der Waals surface area contributed by atoms with E-state index in [4.69, 9.17) is 4.74 Å². The summed E-state index contributed by atoms with van der Waals surface area (Å²) in [6, 6.07) is 9.05. The summed E-state index contributed by atoms with van der Waals surface area (Å²) in [5.41, 5.74) is 0.0425. The molecule has 0 heterocycles. The van der Waals surface area contributed by atoms with Gasteiger partial charge in [-0.2, -0.15) is 0 Å². The summed E-state index contributed by atoms with van der Waals surface area (Å²) in [7, 11) is 0. The number of carbonyl (C=O) groups is 1. The van der Waals surface area contributed by atoms with Crippen LogP contribution in [0.3, 0.4) is 0 Å². The van der Waals surface area contributed by atoms with Crippen molar-refractivity contribution in [3.05, 3.63) is 35.9 Å². The Balaban J connectivity index is 0.00000106. The average Bonchev–Trinajstić information content (AvgIpc) is 2.50. The third-order valence-electron chi connectivity index (χ3n) is 3.99. The van der Waals surface area contributed by atoms with E-state index in [0.717, 1.165) is 25.7 Å². The van der Waals surface area contributed by atoms with E-state index in [9.17, 15) is 9.90 Å². The van der Waals surface area contributed by atoms with E-state index in [2.05, 4.69) is 0 Å². The van der Waals surface area contributed by atoms with Gasteiger partial charge in [-0.25, -0.2) is 4.79 Å². The molecule has 0 saturated heterocycles. The highest BCUT2D eigenvalue weighted by Crippen LogP contribution is 2.35. The first kappa shape index (κ1) is 17.7. The first-order valence-corrected chi connectivity index (χ1v) is 7.95. The quantitative estimate of drug-likeness (QED) is 0.849. The summed E-state index contributed by atoms with van der Waals surface area (Å²) in [6.45, 7) is 7.88. The van der Waals surface area contributed by atoms with Gasteiger partial charge < -0.3 is 9.84 Å². The number of rotatable bonds is 3. The van der Waals surface area contributed by atoms with E-state index in [0.29, 0.717) is 5.56 Å². The molecule has 1 saturated carbocycles. The molecule has 1 aromatic rings. The molecule has 1 aromatic carbocycles. The van der Waals surface area contributed by atoms with Gasteiger partial charge in [0.2, 0.25) is 0 Å². The van der Waals surface area contributed by atoms with Crippen LogP contribution < -0.4 is 0 Å². The molecule has 0 bridgehead atoms. The van der Waals surface area contributed by atoms with Gasteiger partial charge >= 0.3 is 5.97 Å². The molecule has 0 spiro atoms. The number of esters is 1. The lowest BCUT2D eigenvalue weighted by atomic mass is 9.77. The summed E-state index contributed by atoms with van der Waals surface area (Å²) in [6.07, 6.45) is 3.33. The molecule has 2 rings (SSSR count). The molecule has 2 atom stereocenters. The molecule has 118 valence electrons. The highest BCUT2D eigenvalue weighted by molar-refractivity contribution is 5.89. The molecule has 0 radical (unpaired) electrons. The van der Waals surface area contributed by atoms with E-state index < -0.39 is 5.60 Å². The lowest BCUT2D eigenvalue weighted by Gasteiger charge is -2.38. The van der Waals surface area contributed by atoms with Gasteiger partial charge in [0.05, 0.1) is 11.7 Å². The second-order valence-corrected chi connectivity index (χ2v) is 5.88. The molecule has 0 amide bonds. The zero-order chi connectivity index (χ0) is 15.9.